The molecule has 1 amide bonds. The summed E-state index contributed by atoms with van der Waals surface area (Å²) >= 11 is 0. The number of primary amides is 1. The van der Waals surface area contributed by atoms with E-state index in [9.17, 15) is 4.79 Å². The van der Waals surface area contributed by atoms with Crippen LogP contribution in [0.15, 0.2) is 34.4 Å². The number of amides is 1. The van der Waals surface area contributed by atoms with Gasteiger partial charge in [-0.25, -0.2) is 9.98 Å². The summed E-state index contributed by atoms with van der Waals surface area (Å²) in [6.45, 7) is 5.18. The van der Waals surface area contributed by atoms with Crippen molar-refractivity contribution in [2.75, 3.05) is 13.2 Å². The summed E-state index contributed by atoms with van der Waals surface area (Å²) in [5.41, 5.74) is 12.1. The van der Waals surface area contributed by atoms with Gasteiger partial charge in [0.25, 0.3) is 5.91 Å². The van der Waals surface area contributed by atoms with E-state index < -0.39 is 12.0 Å². The van der Waals surface area contributed by atoms with Crippen LogP contribution >= 0.6 is 0 Å². The van der Waals surface area contributed by atoms with Crippen molar-refractivity contribution < 1.29 is 14.3 Å². The first kappa shape index (κ1) is 18.4. The predicted molar refractivity (Wildman–Crippen MR) is 102 cm³/mol. The molecule has 9 nitrogen and oxygen atoms in total. The topological polar surface area (TPSA) is 130 Å². The van der Waals surface area contributed by atoms with Gasteiger partial charge in [-0.2, -0.15) is 0 Å². The Morgan fingerprint density at radius 1 is 1.52 bits per heavy atom. The number of hydrogen-bond acceptors (Lipinski definition) is 5. The zero-order chi connectivity index (χ0) is 19.4. The molecule has 1 aromatic heterocycles. The summed E-state index contributed by atoms with van der Waals surface area (Å²) in [4.78, 5) is 24.3. The number of fused-ring (bicyclic) bond motifs is 3. The molecular weight excluding hydrogens is 348 g/mol. The van der Waals surface area contributed by atoms with E-state index in [1.807, 2.05) is 23.8 Å². The summed E-state index contributed by atoms with van der Waals surface area (Å²) in [7, 11) is 0. The molecule has 3 rings (SSSR count). The third-order valence-electron chi connectivity index (χ3n) is 4.01. The van der Waals surface area contributed by atoms with Crippen LogP contribution in [0.3, 0.4) is 0 Å². The van der Waals surface area contributed by atoms with Gasteiger partial charge in [0.1, 0.15) is 29.6 Å². The van der Waals surface area contributed by atoms with Crippen LogP contribution in [0.1, 0.15) is 19.5 Å². The van der Waals surface area contributed by atoms with Crippen LogP contribution in [0.2, 0.25) is 0 Å². The number of carbonyl (C=O) groups is 1. The van der Waals surface area contributed by atoms with Crippen molar-refractivity contribution in [3.8, 4) is 22.9 Å². The predicted octanol–water partition coefficient (Wildman–Crippen LogP) is 0.949. The van der Waals surface area contributed by atoms with E-state index in [1.54, 1.807) is 19.1 Å². The van der Waals surface area contributed by atoms with Crippen molar-refractivity contribution in [3.05, 3.63) is 30.1 Å². The molecule has 2 aromatic rings. The van der Waals surface area contributed by atoms with E-state index >= 15 is 0 Å². The Morgan fingerprint density at radius 2 is 2.33 bits per heavy atom. The minimum atomic E-state index is -0.732. The molecule has 0 unspecified atom stereocenters. The highest BCUT2D eigenvalue weighted by Gasteiger charge is 2.21. The highest BCUT2D eigenvalue weighted by Crippen LogP contribution is 2.35. The second-order valence-corrected chi connectivity index (χ2v) is 5.89. The molecule has 1 aliphatic heterocycles. The molecule has 1 aromatic carbocycles. The van der Waals surface area contributed by atoms with E-state index in [4.69, 9.17) is 20.9 Å². The first-order valence-corrected chi connectivity index (χ1v) is 8.63. The second kappa shape index (κ2) is 7.90. The number of aromatic nitrogens is 2. The Labute approximate surface area is 156 Å². The van der Waals surface area contributed by atoms with E-state index in [0.717, 1.165) is 11.4 Å². The molecule has 0 spiro atoms. The summed E-state index contributed by atoms with van der Waals surface area (Å²) in [5.74, 6) is 1.81. The number of hydrogen-bond donors (Lipinski definition) is 2. The van der Waals surface area contributed by atoms with Gasteiger partial charge in [0.2, 0.25) is 0 Å². The monoisotopic (exact) mass is 370 g/mol. The lowest BCUT2D eigenvalue weighted by molar-refractivity contribution is -0.123. The number of nitrogens with zero attached hydrogens (tertiary/aromatic N) is 4. The molecule has 0 aliphatic carbocycles. The molecule has 1 atom stereocenters. The first-order chi connectivity index (χ1) is 13.0. The highest BCUT2D eigenvalue weighted by molar-refractivity contribution is 6.01. The molecule has 4 N–H and O–H groups in total. The van der Waals surface area contributed by atoms with Gasteiger partial charge in [-0.15, -0.1) is 0 Å². The first-order valence-electron chi connectivity index (χ1n) is 8.63. The summed E-state index contributed by atoms with van der Waals surface area (Å²) in [6.07, 6.45) is 2.36. The van der Waals surface area contributed by atoms with Crippen molar-refractivity contribution in [3.63, 3.8) is 0 Å². The number of benzene rings is 1. The number of ether oxygens (including phenoxy) is 2. The van der Waals surface area contributed by atoms with Gasteiger partial charge in [-0.1, -0.05) is 0 Å². The van der Waals surface area contributed by atoms with Gasteiger partial charge in [-0.3, -0.25) is 9.79 Å². The van der Waals surface area contributed by atoms with Crippen LogP contribution in [0.4, 0.5) is 0 Å². The van der Waals surface area contributed by atoms with Crippen LogP contribution in [0, 0.1) is 0 Å². The van der Waals surface area contributed by atoms with Gasteiger partial charge >= 0.3 is 0 Å². The molecule has 0 fully saturated rings. The van der Waals surface area contributed by atoms with Gasteiger partial charge in [0, 0.05) is 18.8 Å². The standard InChI is InChI=1S/C18H22N6O3/c1-3-21-17(22-10-19)14-9-24-6-7-26-15-8-12(27-11(2)16(20)25)4-5-13(15)18(24)23-14/h4-5,8-11H,3,6-7H2,1-2H3,(H2,20,25)(H2,19,21,22)/t11-/m0/s1. The lowest BCUT2D eigenvalue weighted by Crippen LogP contribution is -2.30. The maximum atomic E-state index is 11.2. The number of nitrogens with two attached hydrogens (primary N) is 2. The largest absolute Gasteiger partial charge is 0.491 e. The van der Waals surface area contributed by atoms with Crippen molar-refractivity contribution in [1.29, 1.82) is 0 Å². The average Bonchev–Trinajstić information content (AvgIpc) is 2.98. The van der Waals surface area contributed by atoms with Crippen molar-refractivity contribution in [2.45, 2.75) is 26.5 Å². The number of aliphatic imine (C=N–C) groups is 2. The van der Waals surface area contributed by atoms with Gasteiger partial charge in [-0.05, 0) is 26.0 Å². The molecule has 0 radical (unpaired) electrons. The number of rotatable bonds is 5. The fourth-order valence-electron chi connectivity index (χ4n) is 2.71. The molecule has 27 heavy (non-hydrogen) atoms. The van der Waals surface area contributed by atoms with Crippen LogP contribution in [-0.2, 0) is 11.3 Å². The third-order valence-corrected chi connectivity index (χ3v) is 4.01. The third kappa shape index (κ3) is 3.91. The van der Waals surface area contributed by atoms with Gasteiger partial charge < -0.3 is 25.5 Å². The molecule has 0 saturated heterocycles. The number of imidazole rings is 1. The van der Waals surface area contributed by atoms with E-state index in [-0.39, 0.29) is 0 Å². The number of amidine groups is 1. The smallest absolute Gasteiger partial charge is 0.258 e. The maximum Gasteiger partial charge on any atom is 0.258 e. The molecule has 2 heterocycles. The Morgan fingerprint density at radius 3 is 3.04 bits per heavy atom. The average molecular weight is 370 g/mol. The molecule has 9 heteroatoms. The van der Waals surface area contributed by atoms with E-state index in [2.05, 4.69) is 15.0 Å². The summed E-state index contributed by atoms with van der Waals surface area (Å²) in [5, 5.41) is 0. The fourth-order valence-corrected chi connectivity index (χ4v) is 2.71. The quantitative estimate of drug-likeness (QED) is 0.598. The van der Waals surface area contributed by atoms with Crippen molar-refractivity contribution in [1.82, 2.24) is 9.55 Å². The van der Waals surface area contributed by atoms with Crippen molar-refractivity contribution >= 4 is 18.1 Å². The van der Waals surface area contributed by atoms with Gasteiger partial charge in [0.15, 0.2) is 11.9 Å². The lowest BCUT2D eigenvalue weighted by atomic mass is 10.1. The molecule has 0 bridgehead atoms. The Kier molecular flexibility index (Phi) is 5.39. The summed E-state index contributed by atoms with van der Waals surface area (Å²) < 4.78 is 13.4. The molecule has 142 valence electrons. The van der Waals surface area contributed by atoms with Crippen LogP contribution in [0.5, 0.6) is 11.5 Å². The minimum Gasteiger partial charge on any atom is -0.491 e. The Balaban J connectivity index is 1.98. The van der Waals surface area contributed by atoms with Crippen LogP contribution < -0.4 is 20.9 Å². The molecule has 0 saturated carbocycles. The van der Waals surface area contributed by atoms with Crippen LogP contribution in [-0.4, -0.2) is 46.9 Å². The van der Waals surface area contributed by atoms with Crippen LogP contribution in [0.25, 0.3) is 11.4 Å². The molecular formula is C18H22N6O3. The maximum absolute atomic E-state index is 11.2. The second-order valence-electron chi connectivity index (χ2n) is 5.89. The van der Waals surface area contributed by atoms with E-state index in [1.165, 1.54) is 6.34 Å². The zero-order valence-corrected chi connectivity index (χ0v) is 15.3. The lowest BCUT2D eigenvalue weighted by Gasteiger charge is -2.13. The zero-order valence-electron chi connectivity index (χ0n) is 15.3. The van der Waals surface area contributed by atoms with Crippen molar-refractivity contribution in [2.24, 2.45) is 21.5 Å². The van der Waals surface area contributed by atoms with Gasteiger partial charge in [0.05, 0.1) is 18.4 Å². The SMILES string of the molecule is CCN=C(N=CN)c1cn2c(n1)-c1ccc(O[C@@H](C)C(N)=O)cc1OCC2. The van der Waals surface area contributed by atoms with E-state index in [0.29, 0.717) is 42.7 Å². The normalized spacial score (nSPS) is 14.8. The Hall–Kier alpha value is -3.36. The molecule has 1 aliphatic rings. The number of carbonyl (C=O) groups excluding carboxylic acids is 1. The minimum absolute atomic E-state index is 0.463. The summed E-state index contributed by atoms with van der Waals surface area (Å²) in [6, 6.07) is 5.33. The highest BCUT2D eigenvalue weighted by atomic mass is 16.5. The fraction of sp³-hybridized carbons (Fsp3) is 0.333. The Bertz CT molecular complexity index is 902.